The van der Waals surface area contributed by atoms with Crippen LogP contribution in [0, 0.1) is 5.92 Å². The van der Waals surface area contributed by atoms with Gasteiger partial charge in [-0.2, -0.15) is 0 Å². The molecule has 2 rings (SSSR count). The second-order valence-corrected chi connectivity index (χ2v) is 6.46. The molecule has 1 aromatic heterocycles. The van der Waals surface area contributed by atoms with Gasteiger partial charge >= 0.3 is 0 Å². The predicted octanol–water partition coefficient (Wildman–Crippen LogP) is 2.68. The van der Waals surface area contributed by atoms with Crippen molar-refractivity contribution in [1.82, 2.24) is 14.8 Å². The number of anilines is 1. The number of pyridine rings is 1. The highest BCUT2D eigenvalue weighted by Gasteiger charge is 2.19. The third-order valence-corrected chi connectivity index (χ3v) is 4.12. The average Bonchev–Trinajstić information content (AvgIpc) is 2.48. The first-order valence-corrected chi connectivity index (χ1v) is 8.23. The lowest BCUT2D eigenvalue weighted by atomic mass is 9.96. The summed E-state index contributed by atoms with van der Waals surface area (Å²) in [6, 6.07) is 4.31. The summed E-state index contributed by atoms with van der Waals surface area (Å²) in [4.78, 5) is 9.36. The van der Waals surface area contributed by atoms with Crippen molar-refractivity contribution in [2.45, 2.75) is 32.7 Å². The molecule has 2 heterocycles. The summed E-state index contributed by atoms with van der Waals surface area (Å²) in [5.74, 6) is 1.86. The van der Waals surface area contributed by atoms with E-state index in [9.17, 15) is 0 Å². The first-order chi connectivity index (χ1) is 10.2. The van der Waals surface area contributed by atoms with Crippen molar-refractivity contribution in [2.24, 2.45) is 5.92 Å². The van der Waals surface area contributed by atoms with Crippen molar-refractivity contribution < 1.29 is 0 Å². The summed E-state index contributed by atoms with van der Waals surface area (Å²) in [5, 5.41) is 3.32. The van der Waals surface area contributed by atoms with Gasteiger partial charge in [0.2, 0.25) is 0 Å². The lowest BCUT2D eigenvalue weighted by Crippen LogP contribution is -2.36. The van der Waals surface area contributed by atoms with E-state index in [0.717, 1.165) is 31.2 Å². The smallest absolute Gasteiger partial charge is 0.125 e. The number of rotatable bonds is 7. The van der Waals surface area contributed by atoms with Gasteiger partial charge in [0.15, 0.2) is 0 Å². The molecule has 0 aliphatic carbocycles. The van der Waals surface area contributed by atoms with E-state index >= 15 is 0 Å². The number of hydrogen-bond acceptors (Lipinski definition) is 4. The molecule has 0 bridgehead atoms. The molecular formula is C17H30N4. The van der Waals surface area contributed by atoms with Crippen LogP contribution in [0.1, 0.15) is 31.7 Å². The van der Waals surface area contributed by atoms with E-state index in [1.807, 2.05) is 6.20 Å². The van der Waals surface area contributed by atoms with Gasteiger partial charge in [-0.25, -0.2) is 4.98 Å². The molecule has 0 atom stereocenters. The van der Waals surface area contributed by atoms with Crippen molar-refractivity contribution in [2.75, 3.05) is 45.6 Å². The van der Waals surface area contributed by atoms with Gasteiger partial charge < -0.3 is 10.2 Å². The second-order valence-electron chi connectivity index (χ2n) is 6.46. The van der Waals surface area contributed by atoms with Crippen LogP contribution in [0.5, 0.6) is 0 Å². The minimum absolute atomic E-state index is 0.870. The Labute approximate surface area is 129 Å². The molecule has 21 heavy (non-hydrogen) atoms. The van der Waals surface area contributed by atoms with E-state index in [0.29, 0.717) is 0 Å². The van der Waals surface area contributed by atoms with Crippen molar-refractivity contribution in [3.05, 3.63) is 23.9 Å². The molecular weight excluding hydrogens is 260 g/mol. The van der Waals surface area contributed by atoms with Crippen LogP contribution in [0.15, 0.2) is 18.3 Å². The summed E-state index contributed by atoms with van der Waals surface area (Å²) in [7, 11) is 4.35. The van der Waals surface area contributed by atoms with Crippen LogP contribution in [-0.2, 0) is 6.54 Å². The fraction of sp³-hybridized carbons (Fsp3) is 0.706. The number of hydrogen-bond donors (Lipinski definition) is 1. The zero-order chi connectivity index (χ0) is 15.1. The molecule has 1 aliphatic rings. The molecule has 1 aromatic rings. The number of aromatic nitrogens is 1. The SMILES string of the molecule is CCCNc1ccc(CN2CCC(CN(C)C)CC2)cn1. The van der Waals surface area contributed by atoms with Crippen molar-refractivity contribution in [3.8, 4) is 0 Å². The Morgan fingerprint density at radius 1 is 1.29 bits per heavy atom. The van der Waals surface area contributed by atoms with E-state index in [4.69, 9.17) is 0 Å². The standard InChI is InChI=1S/C17H30N4/c1-4-9-18-17-6-5-16(12-19-17)14-21-10-7-15(8-11-21)13-20(2)3/h5-6,12,15H,4,7-11,13-14H2,1-3H3,(H,18,19). The molecule has 0 spiro atoms. The third-order valence-electron chi connectivity index (χ3n) is 4.12. The highest BCUT2D eigenvalue weighted by molar-refractivity contribution is 5.35. The molecule has 1 saturated heterocycles. The monoisotopic (exact) mass is 290 g/mol. The second kappa shape index (κ2) is 8.35. The van der Waals surface area contributed by atoms with Crippen LogP contribution >= 0.6 is 0 Å². The summed E-state index contributed by atoms with van der Waals surface area (Å²) < 4.78 is 0. The molecule has 4 nitrogen and oxygen atoms in total. The molecule has 0 aromatic carbocycles. The molecule has 118 valence electrons. The lowest BCUT2D eigenvalue weighted by molar-refractivity contribution is 0.157. The first-order valence-electron chi connectivity index (χ1n) is 8.23. The summed E-state index contributed by atoms with van der Waals surface area (Å²) in [6.07, 6.45) is 5.79. The van der Waals surface area contributed by atoms with Crippen LogP contribution in [0.4, 0.5) is 5.82 Å². The van der Waals surface area contributed by atoms with Crippen LogP contribution in [0.3, 0.4) is 0 Å². The molecule has 0 amide bonds. The van der Waals surface area contributed by atoms with Crippen LogP contribution in [0.2, 0.25) is 0 Å². The van der Waals surface area contributed by atoms with Gasteiger partial charge in [-0.1, -0.05) is 13.0 Å². The minimum atomic E-state index is 0.870. The van der Waals surface area contributed by atoms with Crippen molar-refractivity contribution in [1.29, 1.82) is 0 Å². The minimum Gasteiger partial charge on any atom is -0.370 e. The van der Waals surface area contributed by atoms with Gasteiger partial charge in [-0.05, 0) is 64.0 Å². The maximum Gasteiger partial charge on any atom is 0.125 e. The Kier molecular flexibility index (Phi) is 6.46. The molecule has 0 radical (unpaired) electrons. The number of likely N-dealkylation sites (tertiary alicyclic amines) is 1. The Morgan fingerprint density at radius 3 is 2.62 bits per heavy atom. The molecule has 1 aliphatic heterocycles. The number of piperidine rings is 1. The molecule has 0 unspecified atom stereocenters. The quantitative estimate of drug-likeness (QED) is 0.836. The van der Waals surface area contributed by atoms with Gasteiger partial charge in [0.1, 0.15) is 5.82 Å². The lowest BCUT2D eigenvalue weighted by Gasteiger charge is -2.33. The van der Waals surface area contributed by atoms with Gasteiger partial charge in [0, 0.05) is 25.8 Å². The van der Waals surface area contributed by atoms with E-state index in [2.05, 4.69) is 53.3 Å². The van der Waals surface area contributed by atoms with Crippen molar-refractivity contribution >= 4 is 5.82 Å². The van der Waals surface area contributed by atoms with Crippen molar-refractivity contribution in [3.63, 3.8) is 0 Å². The maximum absolute atomic E-state index is 4.49. The molecule has 0 saturated carbocycles. The highest BCUT2D eigenvalue weighted by atomic mass is 15.1. The fourth-order valence-corrected chi connectivity index (χ4v) is 2.98. The van der Waals surface area contributed by atoms with Crippen LogP contribution in [0.25, 0.3) is 0 Å². The third kappa shape index (κ3) is 5.64. The Hall–Kier alpha value is -1.13. The van der Waals surface area contributed by atoms with Gasteiger partial charge in [0.25, 0.3) is 0 Å². The first kappa shape index (κ1) is 16.2. The highest BCUT2D eigenvalue weighted by Crippen LogP contribution is 2.19. The topological polar surface area (TPSA) is 31.4 Å². The van der Waals surface area contributed by atoms with Crippen LogP contribution in [-0.4, -0.2) is 55.1 Å². The Morgan fingerprint density at radius 2 is 2.05 bits per heavy atom. The van der Waals surface area contributed by atoms with Gasteiger partial charge in [-0.3, -0.25) is 4.90 Å². The Balaban J connectivity index is 1.75. The van der Waals surface area contributed by atoms with Crippen LogP contribution < -0.4 is 5.32 Å². The maximum atomic E-state index is 4.49. The zero-order valence-corrected chi connectivity index (χ0v) is 13.8. The normalized spacial score (nSPS) is 17.3. The summed E-state index contributed by atoms with van der Waals surface area (Å²) in [5.41, 5.74) is 1.32. The Bertz CT molecular complexity index is 394. The fourth-order valence-electron chi connectivity index (χ4n) is 2.98. The van der Waals surface area contributed by atoms with Gasteiger partial charge in [0.05, 0.1) is 0 Å². The number of nitrogens with zero attached hydrogens (tertiary/aromatic N) is 3. The molecule has 1 N–H and O–H groups in total. The molecule has 4 heteroatoms. The van der Waals surface area contributed by atoms with E-state index < -0.39 is 0 Å². The van der Waals surface area contributed by atoms with E-state index in [1.54, 1.807) is 0 Å². The predicted molar refractivity (Wildman–Crippen MR) is 89.6 cm³/mol. The van der Waals surface area contributed by atoms with E-state index in [1.165, 1.54) is 38.0 Å². The largest absolute Gasteiger partial charge is 0.370 e. The summed E-state index contributed by atoms with van der Waals surface area (Å²) in [6.45, 7) is 7.86. The molecule has 1 fully saturated rings. The number of nitrogens with one attached hydrogen (secondary N) is 1. The summed E-state index contributed by atoms with van der Waals surface area (Å²) >= 11 is 0. The van der Waals surface area contributed by atoms with Gasteiger partial charge in [-0.15, -0.1) is 0 Å². The zero-order valence-electron chi connectivity index (χ0n) is 13.8. The van der Waals surface area contributed by atoms with E-state index in [-0.39, 0.29) is 0 Å². The average molecular weight is 290 g/mol.